The van der Waals surface area contributed by atoms with Crippen LogP contribution >= 0.6 is 0 Å². The average Bonchev–Trinajstić information content (AvgIpc) is 2.47. The number of ether oxygens (including phenoxy) is 1. The Morgan fingerprint density at radius 1 is 1.19 bits per heavy atom. The quantitative estimate of drug-likeness (QED) is 0.908. The van der Waals surface area contributed by atoms with E-state index in [1.165, 1.54) is 24.3 Å². The van der Waals surface area contributed by atoms with E-state index in [1.54, 1.807) is 24.3 Å². The molecular weight excluding hydrogens is 281 g/mol. The Morgan fingerprint density at radius 3 is 2.67 bits per heavy atom. The molecule has 0 bridgehead atoms. The molecule has 0 heterocycles. The molecule has 108 valence electrons. The van der Waals surface area contributed by atoms with Gasteiger partial charge in [-0.1, -0.05) is 18.2 Å². The molecule has 0 saturated heterocycles. The van der Waals surface area contributed by atoms with Crippen molar-refractivity contribution >= 4 is 5.69 Å². The van der Waals surface area contributed by atoms with Crippen LogP contribution < -0.4 is 10.1 Å². The number of nitriles is 1. The molecule has 0 aromatic heterocycles. The summed E-state index contributed by atoms with van der Waals surface area (Å²) in [5.74, 6) is -0.535. The lowest BCUT2D eigenvalue weighted by molar-refractivity contribution is -0.0504. The summed E-state index contributed by atoms with van der Waals surface area (Å²) >= 11 is 0. The SMILES string of the molecule is N#Cc1cc(NCc2ccccc2OC(F)F)ccc1F. The topological polar surface area (TPSA) is 45.0 Å². The molecule has 0 atom stereocenters. The molecule has 0 unspecified atom stereocenters. The highest BCUT2D eigenvalue weighted by Crippen LogP contribution is 2.22. The Kier molecular flexibility index (Phi) is 4.67. The first-order valence-electron chi connectivity index (χ1n) is 6.06. The van der Waals surface area contributed by atoms with Gasteiger partial charge in [-0.3, -0.25) is 0 Å². The average molecular weight is 292 g/mol. The molecule has 2 aromatic rings. The molecule has 6 heteroatoms. The smallest absolute Gasteiger partial charge is 0.387 e. The van der Waals surface area contributed by atoms with E-state index >= 15 is 0 Å². The standard InChI is InChI=1S/C15H11F3N2O/c16-13-6-5-12(7-11(13)8-19)20-9-10-3-1-2-4-14(10)21-15(17)18/h1-7,15,20H,9H2. The number of para-hydroxylation sites is 1. The zero-order valence-corrected chi connectivity index (χ0v) is 10.8. The number of anilines is 1. The van der Waals surface area contributed by atoms with Crippen molar-refractivity contribution in [2.24, 2.45) is 0 Å². The Bertz CT molecular complexity index is 668. The van der Waals surface area contributed by atoms with E-state index in [0.717, 1.165) is 0 Å². The van der Waals surface area contributed by atoms with Crippen molar-refractivity contribution in [2.45, 2.75) is 13.2 Å². The third kappa shape index (κ3) is 3.89. The molecule has 1 N–H and O–H groups in total. The Balaban J connectivity index is 2.12. The van der Waals surface area contributed by atoms with Gasteiger partial charge in [0.2, 0.25) is 0 Å². The van der Waals surface area contributed by atoms with E-state index in [0.29, 0.717) is 11.3 Å². The van der Waals surface area contributed by atoms with Crippen LogP contribution in [0.25, 0.3) is 0 Å². The first-order valence-corrected chi connectivity index (χ1v) is 6.06. The molecule has 0 amide bonds. The zero-order chi connectivity index (χ0) is 15.2. The summed E-state index contributed by atoms with van der Waals surface area (Å²) in [6, 6.07) is 12.1. The highest BCUT2D eigenvalue weighted by Gasteiger charge is 2.09. The molecule has 0 aliphatic carbocycles. The number of nitrogens with zero attached hydrogens (tertiary/aromatic N) is 1. The summed E-state index contributed by atoms with van der Waals surface area (Å²) in [6.45, 7) is -2.69. The van der Waals surface area contributed by atoms with E-state index in [2.05, 4.69) is 10.1 Å². The highest BCUT2D eigenvalue weighted by molar-refractivity contribution is 5.50. The third-order valence-corrected chi connectivity index (χ3v) is 2.76. The Morgan fingerprint density at radius 2 is 1.95 bits per heavy atom. The molecule has 2 aromatic carbocycles. The van der Waals surface area contributed by atoms with Crippen molar-refractivity contribution in [3.8, 4) is 11.8 Å². The van der Waals surface area contributed by atoms with E-state index in [4.69, 9.17) is 5.26 Å². The molecule has 3 nitrogen and oxygen atoms in total. The van der Waals surface area contributed by atoms with E-state index in [9.17, 15) is 13.2 Å². The first-order chi connectivity index (χ1) is 10.1. The van der Waals surface area contributed by atoms with Gasteiger partial charge in [-0.15, -0.1) is 0 Å². The summed E-state index contributed by atoms with van der Waals surface area (Å²) in [7, 11) is 0. The number of hydrogen-bond acceptors (Lipinski definition) is 3. The molecular formula is C15H11F3N2O. The van der Waals surface area contributed by atoms with Crippen LogP contribution in [0.1, 0.15) is 11.1 Å². The van der Waals surface area contributed by atoms with Crippen LogP contribution in [0.3, 0.4) is 0 Å². The monoisotopic (exact) mass is 292 g/mol. The summed E-state index contributed by atoms with van der Waals surface area (Å²) in [5.41, 5.74) is 0.956. The van der Waals surface area contributed by atoms with Gasteiger partial charge in [0.15, 0.2) is 0 Å². The Hall–Kier alpha value is -2.68. The van der Waals surface area contributed by atoms with E-state index < -0.39 is 12.4 Å². The van der Waals surface area contributed by atoms with Crippen molar-refractivity contribution in [1.82, 2.24) is 0 Å². The number of nitrogens with one attached hydrogen (secondary N) is 1. The maximum Gasteiger partial charge on any atom is 0.387 e. The first kappa shape index (κ1) is 14.7. The van der Waals surface area contributed by atoms with Crippen LogP contribution in [0.2, 0.25) is 0 Å². The van der Waals surface area contributed by atoms with Crippen LogP contribution in [0, 0.1) is 17.1 Å². The number of halogens is 3. The number of rotatable bonds is 5. The second kappa shape index (κ2) is 6.66. The summed E-state index contributed by atoms with van der Waals surface area (Å²) in [6.07, 6.45) is 0. The van der Waals surface area contributed by atoms with Crippen molar-refractivity contribution in [1.29, 1.82) is 5.26 Å². The largest absolute Gasteiger partial charge is 0.434 e. The van der Waals surface area contributed by atoms with Gasteiger partial charge in [-0.2, -0.15) is 14.0 Å². The second-order valence-corrected chi connectivity index (χ2v) is 4.15. The fourth-order valence-corrected chi connectivity index (χ4v) is 1.78. The summed E-state index contributed by atoms with van der Waals surface area (Å²) in [4.78, 5) is 0. The molecule has 0 spiro atoms. The van der Waals surface area contributed by atoms with Gasteiger partial charge >= 0.3 is 6.61 Å². The maximum atomic E-state index is 13.2. The minimum Gasteiger partial charge on any atom is -0.434 e. The minimum atomic E-state index is -2.90. The lowest BCUT2D eigenvalue weighted by Crippen LogP contribution is -2.07. The van der Waals surface area contributed by atoms with Gasteiger partial charge in [-0.25, -0.2) is 4.39 Å². The zero-order valence-electron chi connectivity index (χ0n) is 10.8. The van der Waals surface area contributed by atoms with Gasteiger partial charge in [0, 0.05) is 17.8 Å². The highest BCUT2D eigenvalue weighted by atomic mass is 19.3. The van der Waals surface area contributed by atoms with Crippen molar-refractivity contribution in [3.05, 3.63) is 59.4 Å². The molecule has 0 fully saturated rings. The van der Waals surface area contributed by atoms with Gasteiger partial charge in [0.05, 0.1) is 5.56 Å². The third-order valence-electron chi connectivity index (χ3n) is 2.76. The predicted molar refractivity (Wildman–Crippen MR) is 71.5 cm³/mol. The fraction of sp³-hybridized carbons (Fsp3) is 0.133. The van der Waals surface area contributed by atoms with E-state index in [-0.39, 0.29) is 17.9 Å². The molecule has 21 heavy (non-hydrogen) atoms. The minimum absolute atomic E-state index is 0.0719. The van der Waals surface area contributed by atoms with Gasteiger partial charge < -0.3 is 10.1 Å². The van der Waals surface area contributed by atoms with Crippen LogP contribution in [0.4, 0.5) is 18.9 Å². The maximum absolute atomic E-state index is 13.2. The molecule has 0 aliphatic heterocycles. The Labute approximate surface area is 119 Å². The predicted octanol–water partition coefficient (Wildman–Crippen LogP) is 3.91. The normalized spacial score (nSPS) is 10.2. The number of hydrogen-bond donors (Lipinski definition) is 1. The number of alkyl halides is 2. The molecule has 0 saturated carbocycles. The lowest BCUT2D eigenvalue weighted by Gasteiger charge is -2.12. The fourth-order valence-electron chi connectivity index (χ4n) is 1.78. The van der Waals surface area contributed by atoms with Crippen LogP contribution in [0.5, 0.6) is 5.75 Å². The molecule has 2 rings (SSSR count). The van der Waals surface area contributed by atoms with Gasteiger partial charge in [0.25, 0.3) is 0 Å². The van der Waals surface area contributed by atoms with Gasteiger partial charge in [-0.05, 0) is 24.3 Å². The van der Waals surface area contributed by atoms with E-state index in [1.807, 2.05) is 0 Å². The molecule has 0 aliphatic rings. The number of benzene rings is 2. The van der Waals surface area contributed by atoms with Crippen LogP contribution in [0.15, 0.2) is 42.5 Å². The summed E-state index contributed by atoms with van der Waals surface area (Å²) < 4.78 is 42.2. The summed E-state index contributed by atoms with van der Waals surface area (Å²) in [5, 5.41) is 11.7. The van der Waals surface area contributed by atoms with Crippen molar-refractivity contribution in [2.75, 3.05) is 5.32 Å². The second-order valence-electron chi connectivity index (χ2n) is 4.15. The van der Waals surface area contributed by atoms with Crippen LogP contribution in [-0.4, -0.2) is 6.61 Å². The van der Waals surface area contributed by atoms with Crippen molar-refractivity contribution in [3.63, 3.8) is 0 Å². The van der Waals surface area contributed by atoms with Crippen LogP contribution in [-0.2, 0) is 6.54 Å². The lowest BCUT2D eigenvalue weighted by atomic mass is 10.1. The van der Waals surface area contributed by atoms with Gasteiger partial charge in [0.1, 0.15) is 17.6 Å². The van der Waals surface area contributed by atoms with Crippen molar-refractivity contribution < 1.29 is 17.9 Å². The molecule has 0 radical (unpaired) electrons.